The van der Waals surface area contributed by atoms with E-state index in [1.54, 1.807) is 4.90 Å². The molecule has 4 aliphatic carbocycles. The molecule has 1 saturated heterocycles. The van der Waals surface area contributed by atoms with Crippen LogP contribution in [0.15, 0.2) is 24.3 Å². The van der Waals surface area contributed by atoms with Crippen LogP contribution < -0.4 is 0 Å². The van der Waals surface area contributed by atoms with Crippen molar-refractivity contribution in [2.24, 2.45) is 35.0 Å². The van der Waals surface area contributed by atoms with Gasteiger partial charge in [-0.2, -0.15) is 0 Å². The van der Waals surface area contributed by atoms with Crippen LogP contribution in [0.5, 0.6) is 0 Å². The van der Waals surface area contributed by atoms with Gasteiger partial charge in [-0.1, -0.05) is 36.8 Å². The van der Waals surface area contributed by atoms with Gasteiger partial charge < -0.3 is 0 Å². The maximum atomic E-state index is 13.1. The van der Waals surface area contributed by atoms with Crippen LogP contribution in [0.1, 0.15) is 63.0 Å². The van der Waals surface area contributed by atoms with E-state index < -0.39 is 0 Å². The molecule has 5 aliphatic rings. The molecule has 0 aromatic heterocycles. The molecule has 1 aromatic carbocycles. The van der Waals surface area contributed by atoms with E-state index in [9.17, 15) is 9.59 Å². The molecule has 5 fully saturated rings. The molecule has 150 valence electrons. The maximum Gasteiger partial charge on any atom is 0.233 e. The van der Waals surface area contributed by atoms with Gasteiger partial charge in [-0.3, -0.25) is 14.5 Å². The highest BCUT2D eigenvalue weighted by molar-refractivity contribution is 6.05. The normalized spacial score (nSPS) is 39.2. The minimum absolute atomic E-state index is 0.0619. The van der Waals surface area contributed by atoms with Gasteiger partial charge in [0.2, 0.25) is 11.8 Å². The number of benzene rings is 1. The number of imide groups is 1. The molecular weight excluding hydrogens is 346 g/mol. The summed E-state index contributed by atoms with van der Waals surface area (Å²) in [6, 6.07) is 8.37. The number of hydrogen-bond donors (Lipinski definition) is 0. The average Bonchev–Trinajstić information content (AvgIpc) is 2.84. The third-order valence-electron chi connectivity index (χ3n) is 8.45. The first-order valence-corrected chi connectivity index (χ1v) is 11.3. The standard InChI is InChI=1S/C25H33NO2/c1-16-3-5-18(6-4-16)12-22-17(2)23(27)26(24(22)28)8-7-25-13-19-9-20(14-25)11-21(10-19)15-25/h3-6,17,19-22H,7-15H2,1-2H3/t17-,19?,20?,21?,22+,25?/m0/s1. The van der Waals surface area contributed by atoms with Crippen molar-refractivity contribution >= 4 is 11.8 Å². The van der Waals surface area contributed by atoms with Crippen molar-refractivity contribution in [2.45, 2.75) is 65.2 Å². The summed E-state index contributed by atoms with van der Waals surface area (Å²) in [6.07, 6.45) is 10.1. The van der Waals surface area contributed by atoms with Crippen LogP contribution in [0, 0.1) is 41.9 Å². The number of carbonyl (C=O) groups excluding carboxylic acids is 2. The first kappa shape index (κ1) is 18.4. The number of likely N-dealkylation sites (tertiary alicyclic amines) is 1. The Hall–Kier alpha value is -1.64. The quantitative estimate of drug-likeness (QED) is 0.692. The van der Waals surface area contributed by atoms with Gasteiger partial charge in [-0.25, -0.2) is 0 Å². The highest BCUT2D eigenvalue weighted by atomic mass is 16.2. The smallest absolute Gasteiger partial charge is 0.233 e. The molecule has 4 saturated carbocycles. The zero-order chi connectivity index (χ0) is 19.5. The van der Waals surface area contributed by atoms with Crippen LogP contribution in [0.2, 0.25) is 0 Å². The Morgan fingerprint density at radius 3 is 2.07 bits per heavy atom. The molecule has 1 aliphatic heterocycles. The second-order valence-corrected chi connectivity index (χ2v) is 10.6. The first-order chi connectivity index (χ1) is 13.4. The van der Waals surface area contributed by atoms with Crippen LogP contribution in [0.4, 0.5) is 0 Å². The van der Waals surface area contributed by atoms with E-state index in [1.165, 1.54) is 44.1 Å². The molecular formula is C25H33NO2. The third-order valence-corrected chi connectivity index (χ3v) is 8.45. The fourth-order valence-corrected chi connectivity index (χ4v) is 7.35. The molecule has 1 heterocycles. The highest BCUT2D eigenvalue weighted by Gasteiger charge is 2.52. The van der Waals surface area contributed by atoms with E-state index in [-0.39, 0.29) is 23.7 Å². The second kappa shape index (κ2) is 6.71. The summed E-state index contributed by atoms with van der Waals surface area (Å²) in [4.78, 5) is 27.6. The monoisotopic (exact) mass is 379 g/mol. The Morgan fingerprint density at radius 1 is 0.929 bits per heavy atom. The zero-order valence-corrected chi connectivity index (χ0v) is 17.3. The summed E-state index contributed by atoms with van der Waals surface area (Å²) in [6.45, 7) is 4.67. The van der Waals surface area contributed by atoms with Crippen molar-refractivity contribution in [3.8, 4) is 0 Å². The van der Waals surface area contributed by atoms with Gasteiger partial charge >= 0.3 is 0 Å². The van der Waals surface area contributed by atoms with Gasteiger partial charge in [0.05, 0.1) is 5.92 Å². The summed E-state index contributed by atoms with van der Waals surface area (Å²) in [7, 11) is 0. The summed E-state index contributed by atoms with van der Waals surface area (Å²) < 4.78 is 0. The topological polar surface area (TPSA) is 37.4 Å². The Kier molecular flexibility index (Phi) is 4.41. The predicted molar refractivity (Wildman–Crippen MR) is 109 cm³/mol. The van der Waals surface area contributed by atoms with Gasteiger partial charge in [0.25, 0.3) is 0 Å². The summed E-state index contributed by atoms with van der Waals surface area (Å²) in [5.74, 6) is 2.52. The van der Waals surface area contributed by atoms with E-state index >= 15 is 0 Å². The van der Waals surface area contributed by atoms with Crippen molar-refractivity contribution in [1.82, 2.24) is 4.90 Å². The summed E-state index contributed by atoms with van der Waals surface area (Å²) in [5.41, 5.74) is 2.81. The lowest BCUT2D eigenvalue weighted by atomic mass is 9.49. The largest absolute Gasteiger partial charge is 0.282 e. The number of hydrogen-bond acceptors (Lipinski definition) is 2. The molecule has 2 atom stereocenters. The van der Waals surface area contributed by atoms with Crippen LogP contribution in [0.25, 0.3) is 0 Å². The van der Waals surface area contributed by atoms with Crippen LogP contribution in [-0.4, -0.2) is 23.3 Å². The Balaban J connectivity index is 1.26. The average molecular weight is 380 g/mol. The second-order valence-electron chi connectivity index (χ2n) is 10.6. The van der Waals surface area contributed by atoms with Crippen molar-refractivity contribution in [1.29, 1.82) is 0 Å². The minimum Gasteiger partial charge on any atom is -0.282 e. The molecule has 1 aromatic rings. The van der Waals surface area contributed by atoms with Gasteiger partial charge in [0.15, 0.2) is 0 Å². The summed E-state index contributed by atoms with van der Waals surface area (Å²) in [5, 5.41) is 0. The van der Waals surface area contributed by atoms with E-state index in [4.69, 9.17) is 0 Å². The lowest BCUT2D eigenvalue weighted by Crippen LogP contribution is -2.47. The van der Waals surface area contributed by atoms with E-state index in [0.717, 1.165) is 29.7 Å². The number of amides is 2. The van der Waals surface area contributed by atoms with Crippen LogP contribution in [0.3, 0.4) is 0 Å². The maximum absolute atomic E-state index is 13.1. The molecule has 2 amide bonds. The van der Waals surface area contributed by atoms with Crippen molar-refractivity contribution < 1.29 is 9.59 Å². The number of nitrogens with zero attached hydrogens (tertiary/aromatic N) is 1. The Bertz CT molecular complexity index is 745. The molecule has 0 spiro atoms. The van der Waals surface area contributed by atoms with E-state index in [2.05, 4.69) is 31.2 Å². The highest BCUT2D eigenvalue weighted by Crippen LogP contribution is 2.61. The van der Waals surface area contributed by atoms with Crippen molar-refractivity contribution in [2.75, 3.05) is 6.54 Å². The third kappa shape index (κ3) is 3.11. The molecule has 6 rings (SSSR count). The van der Waals surface area contributed by atoms with Gasteiger partial charge in [0.1, 0.15) is 0 Å². The number of aryl methyl sites for hydroxylation is 1. The van der Waals surface area contributed by atoms with Gasteiger partial charge in [-0.15, -0.1) is 0 Å². The molecule has 3 heteroatoms. The van der Waals surface area contributed by atoms with Gasteiger partial charge in [-0.05, 0) is 87.0 Å². The first-order valence-electron chi connectivity index (χ1n) is 11.3. The fraction of sp³-hybridized carbons (Fsp3) is 0.680. The summed E-state index contributed by atoms with van der Waals surface area (Å²) >= 11 is 0. The zero-order valence-electron chi connectivity index (χ0n) is 17.3. The number of rotatable bonds is 5. The SMILES string of the molecule is Cc1ccc(C[C@H]2C(=O)N(CCC34CC5CC(CC(C5)C3)C4)C(=O)[C@H]2C)cc1. The Morgan fingerprint density at radius 2 is 1.50 bits per heavy atom. The van der Waals surface area contributed by atoms with E-state index in [0.29, 0.717) is 18.4 Å². The Labute approximate surface area is 168 Å². The predicted octanol–water partition coefficient (Wildman–Crippen LogP) is 4.77. The van der Waals surface area contributed by atoms with Crippen molar-refractivity contribution in [3.05, 3.63) is 35.4 Å². The van der Waals surface area contributed by atoms with Gasteiger partial charge in [0, 0.05) is 12.5 Å². The fourth-order valence-electron chi connectivity index (χ4n) is 7.35. The van der Waals surface area contributed by atoms with Crippen molar-refractivity contribution in [3.63, 3.8) is 0 Å². The number of carbonyl (C=O) groups is 2. The van der Waals surface area contributed by atoms with Crippen LogP contribution >= 0.6 is 0 Å². The molecule has 3 nitrogen and oxygen atoms in total. The van der Waals surface area contributed by atoms with E-state index in [1.807, 2.05) is 6.92 Å². The molecule has 0 radical (unpaired) electrons. The molecule has 28 heavy (non-hydrogen) atoms. The van der Waals surface area contributed by atoms with Crippen LogP contribution in [-0.2, 0) is 16.0 Å². The lowest BCUT2D eigenvalue weighted by Gasteiger charge is -2.57. The lowest BCUT2D eigenvalue weighted by molar-refractivity contribution is -0.141. The molecule has 0 unspecified atom stereocenters. The molecule has 0 N–H and O–H groups in total. The molecule has 4 bridgehead atoms. The minimum atomic E-state index is -0.190.